The van der Waals surface area contributed by atoms with E-state index >= 15 is 0 Å². The second-order valence-electron chi connectivity index (χ2n) is 6.19. The van der Waals surface area contributed by atoms with Gasteiger partial charge >= 0.3 is 0 Å². The Labute approximate surface area is 143 Å². The summed E-state index contributed by atoms with van der Waals surface area (Å²) in [5, 5.41) is 14.1. The number of hydrogen-bond acceptors (Lipinski definition) is 4. The predicted octanol–water partition coefficient (Wildman–Crippen LogP) is 3.40. The zero-order chi connectivity index (χ0) is 17.1. The second kappa shape index (κ2) is 7.24. The Hall–Kier alpha value is -2.04. The number of fused-ring (bicyclic) bond motifs is 1. The van der Waals surface area contributed by atoms with E-state index in [1.165, 1.54) is 11.1 Å². The molecule has 0 bridgehead atoms. The Balaban J connectivity index is 1.85. The summed E-state index contributed by atoms with van der Waals surface area (Å²) in [7, 11) is 3.28. The van der Waals surface area contributed by atoms with Crippen molar-refractivity contribution in [2.45, 2.75) is 38.0 Å². The summed E-state index contributed by atoms with van der Waals surface area (Å²) in [5.41, 5.74) is 3.56. The van der Waals surface area contributed by atoms with Gasteiger partial charge in [0.2, 0.25) is 0 Å². The van der Waals surface area contributed by atoms with E-state index in [4.69, 9.17) is 9.47 Å². The number of ether oxygens (including phenoxy) is 2. The highest BCUT2D eigenvalue weighted by Crippen LogP contribution is 2.36. The molecule has 0 spiro atoms. The van der Waals surface area contributed by atoms with Crippen LogP contribution in [0.4, 0.5) is 0 Å². The maximum atomic E-state index is 10.5. The van der Waals surface area contributed by atoms with Crippen molar-refractivity contribution in [3.8, 4) is 11.5 Å². The minimum absolute atomic E-state index is 0.0424. The molecule has 4 nitrogen and oxygen atoms in total. The van der Waals surface area contributed by atoms with Crippen LogP contribution in [0.15, 0.2) is 42.5 Å². The third-order valence-corrected chi connectivity index (χ3v) is 4.80. The molecule has 0 radical (unpaired) electrons. The van der Waals surface area contributed by atoms with Gasteiger partial charge in [0.05, 0.1) is 26.4 Å². The van der Waals surface area contributed by atoms with Crippen LogP contribution in [0.25, 0.3) is 0 Å². The molecule has 0 aliphatic heterocycles. The summed E-state index contributed by atoms with van der Waals surface area (Å²) >= 11 is 0. The van der Waals surface area contributed by atoms with E-state index in [0.29, 0.717) is 6.42 Å². The van der Waals surface area contributed by atoms with Crippen molar-refractivity contribution in [1.82, 2.24) is 5.32 Å². The van der Waals surface area contributed by atoms with E-state index in [0.717, 1.165) is 23.5 Å². The van der Waals surface area contributed by atoms with E-state index in [1.807, 2.05) is 24.3 Å². The van der Waals surface area contributed by atoms with Crippen LogP contribution < -0.4 is 14.8 Å². The van der Waals surface area contributed by atoms with Gasteiger partial charge in [-0.1, -0.05) is 37.3 Å². The average molecular weight is 327 g/mol. The topological polar surface area (TPSA) is 50.7 Å². The number of methoxy groups -OCH3 is 2. The lowest BCUT2D eigenvalue weighted by molar-refractivity contribution is 0.134. The van der Waals surface area contributed by atoms with Crippen LogP contribution in [-0.4, -0.2) is 25.4 Å². The fourth-order valence-electron chi connectivity index (χ4n) is 3.51. The van der Waals surface area contributed by atoms with Crippen LogP contribution in [0.3, 0.4) is 0 Å². The molecular formula is C20H25NO3. The Kier molecular flexibility index (Phi) is 5.07. The fourth-order valence-corrected chi connectivity index (χ4v) is 3.51. The van der Waals surface area contributed by atoms with E-state index in [1.54, 1.807) is 14.2 Å². The van der Waals surface area contributed by atoms with Gasteiger partial charge in [-0.2, -0.15) is 0 Å². The molecule has 3 atom stereocenters. The summed E-state index contributed by atoms with van der Waals surface area (Å²) < 4.78 is 10.7. The van der Waals surface area contributed by atoms with Crippen molar-refractivity contribution in [2.24, 2.45) is 0 Å². The maximum absolute atomic E-state index is 10.5. The Morgan fingerprint density at radius 1 is 1.12 bits per heavy atom. The van der Waals surface area contributed by atoms with Crippen molar-refractivity contribution in [3.05, 3.63) is 59.2 Å². The fraction of sp³-hybridized carbons (Fsp3) is 0.400. The molecule has 2 aromatic rings. The normalized spacial score (nSPS) is 20.5. The minimum atomic E-state index is -0.392. The first-order valence-electron chi connectivity index (χ1n) is 8.41. The van der Waals surface area contributed by atoms with Crippen LogP contribution in [-0.2, 0) is 6.42 Å². The SMILES string of the molecule is CCC(NC1c2ccccc2CC1O)c1ccc(OC)c(OC)c1. The lowest BCUT2D eigenvalue weighted by Gasteiger charge is -2.26. The molecule has 4 heteroatoms. The lowest BCUT2D eigenvalue weighted by Crippen LogP contribution is -2.32. The predicted molar refractivity (Wildman–Crippen MR) is 94.6 cm³/mol. The third kappa shape index (κ3) is 3.12. The Bertz CT molecular complexity index is 701. The zero-order valence-corrected chi connectivity index (χ0v) is 14.5. The van der Waals surface area contributed by atoms with E-state index < -0.39 is 6.10 Å². The molecule has 0 heterocycles. The van der Waals surface area contributed by atoms with Gasteiger partial charge < -0.3 is 19.9 Å². The van der Waals surface area contributed by atoms with Gasteiger partial charge in [0, 0.05) is 12.5 Å². The molecule has 3 rings (SSSR count). The maximum Gasteiger partial charge on any atom is 0.161 e. The monoisotopic (exact) mass is 327 g/mol. The van der Waals surface area contributed by atoms with E-state index in [9.17, 15) is 5.11 Å². The molecule has 1 aliphatic rings. The molecule has 3 unspecified atom stereocenters. The molecule has 2 aromatic carbocycles. The van der Waals surface area contributed by atoms with Crippen LogP contribution in [0.5, 0.6) is 11.5 Å². The van der Waals surface area contributed by atoms with Crippen molar-refractivity contribution in [2.75, 3.05) is 14.2 Å². The highest BCUT2D eigenvalue weighted by atomic mass is 16.5. The molecule has 2 N–H and O–H groups in total. The summed E-state index contributed by atoms with van der Waals surface area (Å²) in [4.78, 5) is 0. The molecule has 24 heavy (non-hydrogen) atoms. The van der Waals surface area contributed by atoms with Crippen molar-refractivity contribution >= 4 is 0 Å². The molecule has 128 valence electrons. The first-order valence-corrected chi connectivity index (χ1v) is 8.41. The molecule has 0 saturated carbocycles. The van der Waals surface area contributed by atoms with Gasteiger partial charge in [0.1, 0.15) is 0 Å². The second-order valence-corrected chi connectivity index (χ2v) is 6.19. The molecule has 0 amide bonds. The quantitative estimate of drug-likeness (QED) is 0.854. The van der Waals surface area contributed by atoms with Crippen LogP contribution in [0, 0.1) is 0 Å². The van der Waals surface area contributed by atoms with E-state index in [2.05, 4.69) is 30.4 Å². The largest absolute Gasteiger partial charge is 0.493 e. The number of aliphatic hydroxyl groups excluding tert-OH is 1. The van der Waals surface area contributed by atoms with Gasteiger partial charge in [0.15, 0.2) is 11.5 Å². The van der Waals surface area contributed by atoms with Crippen LogP contribution >= 0.6 is 0 Å². The lowest BCUT2D eigenvalue weighted by atomic mass is 10.0. The average Bonchev–Trinajstić information content (AvgIpc) is 2.94. The van der Waals surface area contributed by atoms with Crippen molar-refractivity contribution in [3.63, 3.8) is 0 Å². The molecular weight excluding hydrogens is 302 g/mol. The number of rotatable bonds is 6. The molecule has 1 aliphatic carbocycles. The summed E-state index contributed by atoms with van der Waals surface area (Å²) in [6.45, 7) is 2.14. The zero-order valence-electron chi connectivity index (χ0n) is 14.5. The Morgan fingerprint density at radius 2 is 1.88 bits per heavy atom. The molecule has 0 fully saturated rings. The van der Waals surface area contributed by atoms with Crippen molar-refractivity contribution < 1.29 is 14.6 Å². The number of hydrogen-bond donors (Lipinski definition) is 2. The van der Waals surface area contributed by atoms with Gasteiger partial charge in [-0.3, -0.25) is 0 Å². The molecule has 0 saturated heterocycles. The first kappa shape index (κ1) is 16.8. The number of benzene rings is 2. The summed E-state index contributed by atoms with van der Waals surface area (Å²) in [5.74, 6) is 1.45. The Morgan fingerprint density at radius 3 is 2.58 bits per heavy atom. The minimum Gasteiger partial charge on any atom is -0.493 e. The van der Waals surface area contributed by atoms with Gasteiger partial charge in [-0.05, 0) is 35.2 Å². The third-order valence-electron chi connectivity index (χ3n) is 4.80. The number of nitrogens with one attached hydrogen (secondary N) is 1. The molecule has 0 aromatic heterocycles. The summed E-state index contributed by atoms with van der Waals surface area (Å²) in [6.07, 6.45) is 1.23. The summed E-state index contributed by atoms with van der Waals surface area (Å²) in [6, 6.07) is 14.3. The standard InChI is InChI=1S/C20H25NO3/c1-4-16(14-9-10-18(23-2)19(12-14)24-3)21-20-15-8-6-5-7-13(15)11-17(20)22/h5-10,12,16-17,20-22H,4,11H2,1-3H3. The van der Waals surface area contributed by atoms with Gasteiger partial charge in [-0.25, -0.2) is 0 Å². The van der Waals surface area contributed by atoms with Crippen LogP contribution in [0.2, 0.25) is 0 Å². The van der Waals surface area contributed by atoms with Crippen molar-refractivity contribution in [1.29, 1.82) is 0 Å². The highest BCUT2D eigenvalue weighted by Gasteiger charge is 2.32. The highest BCUT2D eigenvalue weighted by molar-refractivity contribution is 5.44. The smallest absolute Gasteiger partial charge is 0.161 e. The first-order chi connectivity index (χ1) is 11.7. The van der Waals surface area contributed by atoms with E-state index in [-0.39, 0.29) is 12.1 Å². The van der Waals surface area contributed by atoms with Gasteiger partial charge in [-0.15, -0.1) is 0 Å². The van der Waals surface area contributed by atoms with Gasteiger partial charge in [0.25, 0.3) is 0 Å². The van der Waals surface area contributed by atoms with Crippen LogP contribution in [0.1, 0.15) is 42.1 Å². The number of aliphatic hydroxyl groups is 1.